The summed E-state index contributed by atoms with van der Waals surface area (Å²) in [6, 6.07) is 11.6. The van der Waals surface area contributed by atoms with Crippen molar-refractivity contribution in [1.29, 1.82) is 0 Å². The Balaban J connectivity index is 2.44. The maximum atomic E-state index is 13.0. The zero-order valence-electron chi connectivity index (χ0n) is 9.83. The van der Waals surface area contributed by atoms with Crippen LogP contribution in [0.3, 0.4) is 0 Å². The summed E-state index contributed by atoms with van der Waals surface area (Å²) in [5.41, 5.74) is 2.89. The second kappa shape index (κ2) is 4.50. The molecule has 0 fully saturated rings. The zero-order chi connectivity index (χ0) is 12.4. The number of carbonyl (C=O) groups excluding carboxylic acids is 1. The molecule has 0 saturated heterocycles. The lowest BCUT2D eigenvalue weighted by molar-refractivity contribution is 0.103. The van der Waals surface area contributed by atoms with Gasteiger partial charge < -0.3 is 0 Å². The molecule has 0 radical (unpaired) electrons. The molecular weight excluding hydrogens is 215 g/mol. The van der Waals surface area contributed by atoms with E-state index >= 15 is 0 Å². The predicted octanol–water partition coefficient (Wildman–Crippen LogP) is 3.67. The van der Waals surface area contributed by atoms with Gasteiger partial charge in [0.2, 0.25) is 0 Å². The molecule has 86 valence electrons. The Morgan fingerprint density at radius 1 is 1.06 bits per heavy atom. The van der Waals surface area contributed by atoms with Crippen LogP contribution in [-0.4, -0.2) is 5.78 Å². The maximum Gasteiger partial charge on any atom is 0.193 e. The second-order valence-corrected chi connectivity index (χ2v) is 4.16. The second-order valence-electron chi connectivity index (χ2n) is 4.16. The van der Waals surface area contributed by atoms with Gasteiger partial charge in [0, 0.05) is 11.1 Å². The molecule has 2 heteroatoms. The van der Waals surface area contributed by atoms with Crippen molar-refractivity contribution in [1.82, 2.24) is 0 Å². The topological polar surface area (TPSA) is 17.1 Å². The molecular formula is C15H13FO. The minimum Gasteiger partial charge on any atom is -0.289 e. The molecule has 2 aromatic carbocycles. The van der Waals surface area contributed by atoms with Crippen LogP contribution in [0.1, 0.15) is 27.0 Å². The van der Waals surface area contributed by atoms with E-state index in [2.05, 4.69) is 0 Å². The molecule has 0 bridgehead atoms. The fraction of sp³-hybridized carbons (Fsp3) is 0.133. The Morgan fingerprint density at radius 2 is 1.82 bits per heavy atom. The summed E-state index contributed by atoms with van der Waals surface area (Å²) in [4.78, 5) is 12.2. The van der Waals surface area contributed by atoms with Crippen molar-refractivity contribution < 1.29 is 9.18 Å². The fourth-order valence-corrected chi connectivity index (χ4v) is 1.82. The van der Waals surface area contributed by atoms with E-state index in [9.17, 15) is 9.18 Å². The van der Waals surface area contributed by atoms with Crippen molar-refractivity contribution in [3.05, 3.63) is 70.5 Å². The van der Waals surface area contributed by atoms with Gasteiger partial charge in [0.05, 0.1) is 0 Å². The first-order chi connectivity index (χ1) is 8.08. The Morgan fingerprint density at radius 3 is 2.47 bits per heavy atom. The number of hydrogen-bond acceptors (Lipinski definition) is 1. The van der Waals surface area contributed by atoms with Crippen molar-refractivity contribution in [2.75, 3.05) is 0 Å². The number of rotatable bonds is 2. The minimum absolute atomic E-state index is 0.0637. The van der Waals surface area contributed by atoms with E-state index in [0.717, 1.165) is 5.56 Å². The fourth-order valence-electron chi connectivity index (χ4n) is 1.82. The van der Waals surface area contributed by atoms with Crippen LogP contribution in [0.4, 0.5) is 4.39 Å². The minimum atomic E-state index is -0.316. The highest BCUT2D eigenvalue weighted by Gasteiger charge is 2.11. The third kappa shape index (κ3) is 2.41. The smallest absolute Gasteiger partial charge is 0.193 e. The summed E-state index contributed by atoms with van der Waals surface area (Å²) in [6.45, 7) is 3.68. The van der Waals surface area contributed by atoms with Crippen molar-refractivity contribution in [2.24, 2.45) is 0 Å². The standard InChI is InChI=1S/C15H13FO/c1-10-4-3-5-12(8-10)15(17)14-7-6-13(16)9-11(14)2/h3-9H,1-2H3. The molecule has 0 unspecified atom stereocenters. The quantitative estimate of drug-likeness (QED) is 0.717. The third-order valence-corrected chi connectivity index (χ3v) is 2.71. The van der Waals surface area contributed by atoms with E-state index in [-0.39, 0.29) is 11.6 Å². The summed E-state index contributed by atoms with van der Waals surface area (Å²) in [5.74, 6) is -0.380. The molecule has 1 nitrogen and oxygen atoms in total. The molecule has 0 amide bonds. The molecule has 0 aliphatic rings. The van der Waals surface area contributed by atoms with Gasteiger partial charge in [-0.05, 0) is 43.7 Å². The number of halogens is 1. The number of aryl methyl sites for hydroxylation is 2. The van der Waals surface area contributed by atoms with Crippen molar-refractivity contribution >= 4 is 5.78 Å². The Labute approximate surface area is 99.9 Å². The SMILES string of the molecule is Cc1cccc(C(=O)c2ccc(F)cc2C)c1. The number of benzene rings is 2. The number of ketones is 1. The average molecular weight is 228 g/mol. The van der Waals surface area contributed by atoms with Crippen LogP contribution < -0.4 is 0 Å². The van der Waals surface area contributed by atoms with E-state index < -0.39 is 0 Å². The first-order valence-electron chi connectivity index (χ1n) is 5.45. The van der Waals surface area contributed by atoms with Gasteiger partial charge in [0.15, 0.2) is 5.78 Å². The van der Waals surface area contributed by atoms with Crippen LogP contribution in [-0.2, 0) is 0 Å². The van der Waals surface area contributed by atoms with E-state index in [4.69, 9.17) is 0 Å². The average Bonchev–Trinajstić information content (AvgIpc) is 2.28. The van der Waals surface area contributed by atoms with Gasteiger partial charge in [-0.3, -0.25) is 4.79 Å². The van der Waals surface area contributed by atoms with Gasteiger partial charge in [-0.15, -0.1) is 0 Å². The highest BCUT2D eigenvalue weighted by Crippen LogP contribution is 2.16. The Bertz CT molecular complexity index is 573. The summed E-state index contributed by atoms with van der Waals surface area (Å²) in [7, 11) is 0. The molecule has 0 aromatic heterocycles. The van der Waals surface area contributed by atoms with Crippen LogP contribution in [0.2, 0.25) is 0 Å². The van der Waals surface area contributed by atoms with Crippen LogP contribution in [0.25, 0.3) is 0 Å². The van der Waals surface area contributed by atoms with E-state index in [1.807, 2.05) is 25.1 Å². The zero-order valence-corrected chi connectivity index (χ0v) is 9.83. The first-order valence-corrected chi connectivity index (χ1v) is 5.45. The summed E-state index contributed by atoms with van der Waals surface area (Å²) < 4.78 is 13.0. The number of hydrogen-bond donors (Lipinski definition) is 0. The van der Waals surface area contributed by atoms with E-state index in [1.54, 1.807) is 13.0 Å². The lowest BCUT2D eigenvalue weighted by atomic mass is 9.98. The lowest BCUT2D eigenvalue weighted by Crippen LogP contribution is -2.04. The monoisotopic (exact) mass is 228 g/mol. The molecule has 0 heterocycles. The normalized spacial score (nSPS) is 10.3. The lowest BCUT2D eigenvalue weighted by Gasteiger charge is -2.05. The highest BCUT2D eigenvalue weighted by atomic mass is 19.1. The Kier molecular flexibility index (Phi) is 3.05. The van der Waals surface area contributed by atoms with E-state index in [1.165, 1.54) is 18.2 Å². The van der Waals surface area contributed by atoms with Crippen LogP contribution in [0.5, 0.6) is 0 Å². The van der Waals surface area contributed by atoms with Crippen molar-refractivity contribution in [3.8, 4) is 0 Å². The van der Waals surface area contributed by atoms with Crippen LogP contribution in [0.15, 0.2) is 42.5 Å². The largest absolute Gasteiger partial charge is 0.289 e. The molecule has 0 saturated carbocycles. The third-order valence-electron chi connectivity index (χ3n) is 2.71. The maximum absolute atomic E-state index is 13.0. The first kappa shape index (κ1) is 11.5. The predicted molar refractivity (Wildman–Crippen MR) is 65.7 cm³/mol. The molecule has 2 rings (SSSR count). The van der Waals surface area contributed by atoms with Crippen molar-refractivity contribution in [2.45, 2.75) is 13.8 Å². The van der Waals surface area contributed by atoms with Gasteiger partial charge in [-0.2, -0.15) is 0 Å². The van der Waals surface area contributed by atoms with Gasteiger partial charge in [-0.25, -0.2) is 4.39 Å². The summed E-state index contributed by atoms with van der Waals surface area (Å²) >= 11 is 0. The van der Waals surface area contributed by atoms with Gasteiger partial charge in [0.1, 0.15) is 5.82 Å². The number of carbonyl (C=O) groups is 1. The molecule has 2 aromatic rings. The van der Waals surface area contributed by atoms with E-state index in [0.29, 0.717) is 16.7 Å². The molecule has 0 aliphatic heterocycles. The molecule has 0 atom stereocenters. The molecule has 0 aliphatic carbocycles. The van der Waals surface area contributed by atoms with Crippen LogP contribution in [0, 0.1) is 19.7 Å². The van der Waals surface area contributed by atoms with Gasteiger partial charge >= 0.3 is 0 Å². The molecule has 17 heavy (non-hydrogen) atoms. The molecule has 0 spiro atoms. The van der Waals surface area contributed by atoms with Crippen molar-refractivity contribution in [3.63, 3.8) is 0 Å². The van der Waals surface area contributed by atoms with Gasteiger partial charge in [0.25, 0.3) is 0 Å². The van der Waals surface area contributed by atoms with Crippen LogP contribution >= 0.6 is 0 Å². The summed E-state index contributed by atoms with van der Waals surface area (Å²) in [5, 5.41) is 0. The highest BCUT2D eigenvalue weighted by molar-refractivity contribution is 6.09. The molecule has 0 N–H and O–H groups in total. The Hall–Kier alpha value is -1.96. The summed E-state index contributed by atoms with van der Waals surface area (Å²) in [6.07, 6.45) is 0. The van der Waals surface area contributed by atoms with Gasteiger partial charge in [-0.1, -0.05) is 23.8 Å².